The lowest BCUT2D eigenvalue weighted by molar-refractivity contribution is -0.158. The predicted molar refractivity (Wildman–Crippen MR) is 144 cm³/mol. The van der Waals surface area contributed by atoms with Crippen molar-refractivity contribution >= 4 is 34.9 Å². The van der Waals surface area contributed by atoms with Gasteiger partial charge in [0.2, 0.25) is 5.91 Å². The van der Waals surface area contributed by atoms with Crippen molar-refractivity contribution in [2.75, 3.05) is 13.1 Å². The van der Waals surface area contributed by atoms with Crippen molar-refractivity contribution in [2.24, 2.45) is 11.8 Å². The molecule has 4 unspecified atom stereocenters. The summed E-state index contributed by atoms with van der Waals surface area (Å²) in [4.78, 5) is 57.0. The highest BCUT2D eigenvalue weighted by molar-refractivity contribution is 7.09. The molecule has 0 radical (unpaired) electrons. The Kier molecular flexibility index (Phi) is 10.6. The van der Waals surface area contributed by atoms with Crippen molar-refractivity contribution in [2.45, 2.75) is 71.6 Å². The van der Waals surface area contributed by atoms with Gasteiger partial charge in [0.25, 0.3) is 5.91 Å². The zero-order chi connectivity index (χ0) is 27.8. The van der Waals surface area contributed by atoms with Crippen molar-refractivity contribution in [3.05, 3.63) is 52.0 Å². The first-order chi connectivity index (χ1) is 18.0. The second-order valence-corrected chi connectivity index (χ2v) is 11.1. The van der Waals surface area contributed by atoms with Gasteiger partial charge in [0.05, 0.1) is 12.5 Å². The summed E-state index contributed by atoms with van der Waals surface area (Å²) < 4.78 is 5.90. The van der Waals surface area contributed by atoms with Gasteiger partial charge < -0.3 is 20.1 Å². The molecule has 0 aliphatic carbocycles. The summed E-state index contributed by atoms with van der Waals surface area (Å²) in [5.74, 6) is -1.55. The lowest BCUT2D eigenvalue weighted by atomic mass is 9.94. The Balaban J connectivity index is 1.85. The zero-order valence-corrected chi connectivity index (χ0v) is 23.2. The largest absolute Gasteiger partial charge is 0.460 e. The fourth-order valence-electron chi connectivity index (χ4n) is 4.66. The lowest BCUT2D eigenvalue weighted by Gasteiger charge is -2.29. The van der Waals surface area contributed by atoms with Gasteiger partial charge >= 0.3 is 5.97 Å². The normalized spacial score (nSPS) is 27.5. The van der Waals surface area contributed by atoms with Gasteiger partial charge in [0.15, 0.2) is 0 Å². The van der Waals surface area contributed by atoms with E-state index in [1.165, 1.54) is 22.3 Å². The molecule has 0 saturated carbocycles. The molecule has 38 heavy (non-hydrogen) atoms. The van der Waals surface area contributed by atoms with Gasteiger partial charge in [-0.3, -0.25) is 14.4 Å². The Labute approximate surface area is 227 Å². The minimum atomic E-state index is -0.959. The molecule has 2 aliphatic rings. The summed E-state index contributed by atoms with van der Waals surface area (Å²) in [5.41, 5.74) is 0.950. The van der Waals surface area contributed by atoms with E-state index in [1.807, 2.05) is 20.8 Å². The molecule has 1 aromatic heterocycles. The van der Waals surface area contributed by atoms with Crippen LogP contribution in [0.4, 0.5) is 0 Å². The summed E-state index contributed by atoms with van der Waals surface area (Å²) in [7, 11) is 0. The number of carbonyl (C=O) groups is 4. The maximum Gasteiger partial charge on any atom is 0.329 e. The van der Waals surface area contributed by atoms with Gasteiger partial charge in [-0.05, 0) is 31.8 Å². The molecule has 10 heteroatoms. The van der Waals surface area contributed by atoms with Crippen molar-refractivity contribution in [1.29, 1.82) is 0 Å². The number of hydrogen-bond acceptors (Lipinski definition) is 8. The number of aliphatic hydroxyl groups excluding tert-OH is 1. The molecular formula is C28H37N3O6S. The molecule has 3 heterocycles. The molecular weight excluding hydrogens is 506 g/mol. The summed E-state index contributed by atoms with van der Waals surface area (Å²) in [6.45, 7) is 8.28. The van der Waals surface area contributed by atoms with Crippen LogP contribution in [0.2, 0.25) is 0 Å². The molecule has 4 atom stereocenters. The number of Topliss-reactive ketones (excluding diaryl/α,β-unsaturated/α-hetero) is 1. The molecule has 2 N–H and O–H groups in total. The van der Waals surface area contributed by atoms with Crippen molar-refractivity contribution < 1.29 is 29.0 Å². The topological polar surface area (TPSA) is 126 Å². The smallest absolute Gasteiger partial charge is 0.329 e. The van der Waals surface area contributed by atoms with Crippen LogP contribution in [-0.2, 0) is 25.5 Å². The summed E-state index contributed by atoms with van der Waals surface area (Å²) >= 11 is 1.21. The Bertz CT molecular complexity index is 1120. The third kappa shape index (κ3) is 8.19. The van der Waals surface area contributed by atoms with E-state index in [2.05, 4.69) is 10.3 Å². The molecule has 1 saturated heterocycles. The Morgan fingerprint density at radius 2 is 1.97 bits per heavy atom. The molecule has 2 amide bonds. The first kappa shape index (κ1) is 29.4. The Morgan fingerprint density at radius 1 is 1.21 bits per heavy atom. The van der Waals surface area contributed by atoms with Crippen LogP contribution < -0.4 is 5.32 Å². The minimum absolute atomic E-state index is 0.00613. The zero-order valence-electron chi connectivity index (χ0n) is 22.4. The summed E-state index contributed by atoms with van der Waals surface area (Å²) in [6, 6.07) is -0.714. The number of nitrogens with one attached hydrogen (secondary N) is 1. The summed E-state index contributed by atoms with van der Waals surface area (Å²) in [5, 5.41) is 15.1. The molecule has 1 aromatic rings. The highest BCUT2D eigenvalue weighted by Crippen LogP contribution is 2.26. The average Bonchev–Trinajstić information content (AvgIpc) is 3.52. The van der Waals surface area contributed by atoms with Crippen LogP contribution in [-0.4, -0.2) is 69.9 Å². The lowest BCUT2D eigenvalue weighted by Crippen LogP contribution is -2.44. The van der Waals surface area contributed by atoms with E-state index in [0.29, 0.717) is 24.4 Å². The van der Waals surface area contributed by atoms with E-state index in [1.54, 1.807) is 36.6 Å². The number of carbonyl (C=O) groups excluding carboxylic acids is 4. The third-order valence-corrected chi connectivity index (χ3v) is 7.40. The van der Waals surface area contributed by atoms with Gasteiger partial charge in [-0.25, -0.2) is 9.78 Å². The first-order valence-corrected chi connectivity index (χ1v) is 13.9. The van der Waals surface area contributed by atoms with Crippen LogP contribution in [0, 0.1) is 11.8 Å². The average molecular weight is 544 g/mol. The fourth-order valence-corrected chi connectivity index (χ4v) is 5.46. The number of amides is 2. The maximum absolute atomic E-state index is 13.2. The molecule has 1 fully saturated rings. The van der Waals surface area contributed by atoms with E-state index >= 15 is 0 Å². The first-order valence-electron chi connectivity index (χ1n) is 13.0. The molecule has 0 aromatic carbocycles. The van der Waals surface area contributed by atoms with E-state index in [9.17, 15) is 24.3 Å². The number of aliphatic hydroxyl groups is 1. The molecule has 2 bridgehead atoms. The number of nitrogens with zero attached hydrogens (tertiary/aromatic N) is 2. The van der Waals surface area contributed by atoms with Crippen LogP contribution in [0.5, 0.6) is 0 Å². The van der Waals surface area contributed by atoms with Crippen LogP contribution in [0.15, 0.2) is 41.3 Å². The third-order valence-electron chi connectivity index (χ3n) is 6.55. The number of thiazole rings is 1. The van der Waals surface area contributed by atoms with Gasteiger partial charge in [-0.1, -0.05) is 50.6 Å². The standard InChI is InChI=1S/C28H37N3O6S/c1-17(2)26-19(4)9-10-24(34)29-11-5-7-18(3)13-20(32)14-21(33)15-25-30-22(16-38-25)27(35)31-12-6-8-23(31)28(36)37-26/h5,7,9-10,13,16-17,19-20,23,26,32H,6,8,11-12,14-15H2,1-4H3,(H,29,34)/b7-5?,10-9+,18-13?. The van der Waals surface area contributed by atoms with Gasteiger partial charge in [-0.2, -0.15) is 0 Å². The maximum atomic E-state index is 13.2. The van der Waals surface area contributed by atoms with Crippen LogP contribution in [0.1, 0.15) is 62.5 Å². The number of rotatable bonds is 1. The SMILES string of the molecule is CC1=CC(O)CC(=O)Cc2nc(cs2)C(=O)N2CCCC2C(=O)OC(C(C)C)C(C)/C=C/C(=O)NCC=C1. The highest BCUT2D eigenvalue weighted by atomic mass is 32.1. The van der Waals surface area contributed by atoms with Crippen LogP contribution >= 0.6 is 11.3 Å². The molecule has 9 nitrogen and oxygen atoms in total. The molecule has 3 rings (SSSR count). The van der Waals surface area contributed by atoms with Crippen molar-refractivity contribution in [3.8, 4) is 0 Å². The molecule has 2 aliphatic heterocycles. The van der Waals surface area contributed by atoms with E-state index in [0.717, 1.165) is 5.57 Å². The second kappa shape index (κ2) is 13.6. The number of ketones is 1. The molecule has 0 spiro atoms. The second-order valence-electron chi connectivity index (χ2n) is 10.2. The fraction of sp³-hybridized carbons (Fsp3) is 0.536. The number of allylic oxidation sites excluding steroid dienone is 2. The van der Waals surface area contributed by atoms with Crippen molar-refractivity contribution in [1.82, 2.24) is 15.2 Å². The van der Waals surface area contributed by atoms with Gasteiger partial charge in [0.1, 0.15) is 28.6 Å². The van der Waals surface area contributed by atoms with E-state index in [4.69, 9.17) is 4.74 Å². The van der Waals surface area contributed by atoms with Crippen LogP contribution in [0.25, 0.3) is 0 Å². The van der Waals surface area contributed by atoms with Gasteiger partial charge in [-0.15, -0.1) is 11.3 Å². The number of cyclic esters (lactones) is 1. The highest BCUT2D eigenvalue weighted by Gasteiger charge is 2.38. The molecule has 206 valence electrons. The number of esters is 1. The van der Waals surface area contributed by atoms with Crippen molar-refractivity contribution in [3.63, 3.8) is 0 Å². The van der Waals surface area contributed by atoms with Crippen LogP contribution in [0.3, 0.4) is 0 Å². The summed E-state index contributed by atoms with van der Waals surface area (Å²) in [6.07, 6.45) is 7.92. The number of fused-ring (bicyclic) bond motifs is 3. The van der Waals surface area contributed by atoms with E-state index in [-0.39, 0.29) is 54.5 Å². The Hall–Kier alpha value is -3.11. The predicted octanol–water partition coefficient (Wildman–Crippen LogP) is 3.00. The number of ether oxygens (including phenoxy) is 1. The Morgan fingerprint density at radius 3 is 2.71 bits per heavy atom. The number of aromatic nitrogens is 1. The number of hydrogen-bond donors (Lipinski definition) is 2. The van der Waals surface area contributed by atoms with E-state index < -0.39 is 24.2 Å². The quantitative estimate of drug-likeness (QED) is 0.522. The minimum Gasteiger partial charge on any atom is -0.460 e. The van der Waals surface area contributed by atoms with Gasteiger partial charge in [0, 0.05) is 30.8 Å². The monoisotopic (exact) mass is 543 g/mol.